The van der Waals surface area contributed by atoms with Crippen molar-refractivity contribution in [3.8, 4) is 0 Å². The summed E-state index contributed by atoms with van der Waals surface area (Å²) in [5.74, 6) is 0.0413. The zero-order valence-electron chi connectivity index (χ0n) is 15.5. The van der Waals surface area contributed by atoms with Crippen LogP contribution in [0.15, 0.2) is 72.8 Å². The minimum atomic E-state index is -0.231. The third-order valence-corrected chi connectivity index (χ3v) is 6.17. The maximum Gasteiger partial charge on any atom is 0.228 e. The number of amides is 1. The van der Waals surface area contributed by atoms with Crippen LogP contribution < -0.4 is 5.32 Å². The molecule has 1 saturated carbocycles. The van der Waals surface area contributed by atoms with E-state index in [1.165, 1.54) is 22.3 Å². The van der Waals surface area contributed by atoms with Gasteiger partial charge in [0.1, 0.15) is 0 Å². The quantitative estimate of drug-likeness (QED) is 0.479. The molecule has 0 radical (unpaired) electrons. The number of aryl methyl sites for hydroxylation is 2. The van der Waals surface area contributed by atoms with Gasteiger partial charge in [-0.2, -0.15) is 0 Å². The third-order valence-electron chi connectivity index (χ3n) is 5.46. The number of carbonyl (C=O) groups excluding carboxylic acids is 1. The molecule has 0 spiro atoms. The lowest BCUT2D eigenvalue weighted by Crippen LogP contribution is -2.22. The lowest BCUT2D eigenvalue weighted by Gasteiger charge is -2.20. The molecule has 1 amide bonds. The van der Waals surface area contributed by atoms with Gasteiger partial charge >= 0.3 is 0 Å². The van der Waals surface area contributed by atoms with Crippen molar-refractivity contribution in [2.45, 2.75) is 25.7 Å². The molecule has 1 fully saturated rings. The Labute approximate surface area is 174 Å². The summed E-state index contributed by atoms with van der Waals surface area (Å²) in [4.78, 5) is 13.1. The second-order valence-electron chi connectivity index (χ2n) is 7.46. The van der Waals surface area contributed by atoms with Gasteiger partial charge < -0.3 is 5.32 Å². The van der Waals surface area contributed by atoms with Crippen molar-refractivity contribution in [3.63, 3.8) is 0 Å². The lowest BCUT2D eigenvalue weighted by molar-refractivity contribution is -0.117. The van der Waals surface area contributed by atoms with Crippen LogP contribution in [0.3, 0.4) is 0 Å². The van der Waals surface area contributed by atoms with Crippen LogP contribution in [0.2, 0.25) is 0 Å². The van der Waals surface area contributed by atoms with Gasteiger partial charge in [-0.1, -0.05) is 59.7 Å². The number of nitrogens with one attached hydrogen (secondary N) is 1. The van der Waals surface area contributed by atoms with Gasteiger partial charge in [-0.15, -0.1) is 0 Å². The minimum absolute atomic E-state index is 0.0552. The predicted octanol–water partition coefficient (Wildman–Crippen LogP) is 5.85. The number of rotatable bonds is 4. The Bertz CT molecular complexity index is 948. The molecule has 1 N–H and O–H groups in total. The number of halogens is 1. The predicted molar refractivity (Wildman–Crippen MR) is 119 cm³/mol. The van der Waals surface area contributed by atoms with Gasteiger partial charge in [0.2, 0.25) is 5.91 Å². The van der Waals surface area contributed by atoms with Crippen molar-refractivity contribution in [2.75, 3.05) is 5.32 Å². The zero-order chi connectivity index (χ0) is 19.0. The van der Waals surface area contributed by atoms with E-state index in [1.807, 2.05) is 24.3 Å². The van der Waals surface area contributed by atoms with Crippen molar-refractivity contribution >= 4 is 34.2 Å². The Kier molecular flexibility index (Phi) is 4.81. The summed E-state index contributed by atoms with van der Waals surface area (Å²) >= 11 is 2.27. The molecule has 3 aromatic carbocycles. The van der Waals surface area contributed by atoms with Crippen LogP contribution in [0.1, 0.15) is 28.7 Å². The molecule has 0 aromatic heterocycles. The second-order valence-corrected chi connectivity index (χ2v) is 8.71. The Hall–Kier alpha value is -2.14. The molecule has 3 aromatic rings. The normalized spacial score (nSPS) is 17.4. The first-order valence-electron chi connectivity index (χ1n) is 9.20. The van der Waals surface area contributed by atoms with Crippen molar-refractivity contribution < 1.29 is 4.79 Å². The van der Waals surface area contributed by atoms with Gasteiger partial charge in [-0.25, -0.2) is 0 Å². The Morgan fingerprint density at radius 2 is 1.48 bits per heavy atom. The maximum atomic E-state index is 13.1. The third kappa shape index (κ3) is 3.53. The summed E-state index contributed by atoms with van der Waals surface area (Å²) in [7, 11) is 0. The fraction of sp³-hybridized carbons (Fsp3) is 0.208. The van der Waals surface area contributed by atoms with Crippen LogP contribution in [0.25, 0.3) is 0 Å². The summed E-state index contributed by atoms with van der Waals surface area (Å²) in [5, 5.41) is 3.11. The fourth-order valence-corrected chi connectivity index (χ4v) is 4.35. The Balaban J connectivity index is 1.69. The van der Waals surface area contributed by atoms with Gasteiger partial charge in [0, 0.05) is 14.7 Å². The zero-order valence-corrected chi connectivity index (χ0v) is 17.7. The van der Waals surface area contributed by atoms with E-state index in [1.54, 1.807) is 0 Å². The van der Waals surface area contributed by atoms with Crippen LogP contribution in [0.5, 0.6) is 0 Å². The molecule has 0 saturated heterocycles. The van der Waals surface area contributed by atoms with E-state index >= 15 is 0 Å². The summed E-state index contributed by atoms with van der Waals surface area (Å²) in [6.07, 6.45) is 0.843. The topological polar surface area (TPSA) is 29.1 Å². The SMILES string of the molecule is Cc1cccc(C2(c3cccc(C)c3)CC2C(=O)Nc2ccc(I)cc2)c1. The summed E-state index contributed by atoms with van der Waals surface area (Å²) in [5.41, 5.74) is 5.54. The van der Waals surface area contributed by atoms with Crippen LogP contribution in [0.4, 0.5) is 5.69 Å². The van der Waals surface area contributed by atoms with E-state index in [-0.39, 0.29) is 17.2 Å². The highest BCUT2D eigenvalue weighted by Crippen LogP contribution is 2.59. The van der Waals surface area contributed by atoms with Crippen LogP contribution in [-0.2, 0) is 10.2 Å². The van der Waals surface area contributed by atoms with Crippen molar-refractivity contribution in [1.29, 1.82) is 0 Å². The minimum Gasteiger partial charge on any atom is -0.326 e. The maximum absolute atomic E-state index is 13.1. The standard InChI is InChI=1S/C24H22INO/c1-16-5-3-7-18(13-16)24(19-8-4-6-17(2)14-19)15-22(24)23(27)26-21-11-9-20(25)10-12-21/h3-14,22H,15H2,1-2H3,(H,26,27). The number of hydrogen-bond donors (Lipinski definition) is 1. The average Bonchev–Trinajstić information content (AvgIpc) is 3.41. The first-order valence-corrected chi connectivity index (χ1v) is 10.3. The first kappa shape index (κ1) is 18.2. The molecule has 4 rings (SSSR count). The highest BCUT2D eigenvalue weighted by molar-refractivity contribution is 14.1. The fourth-order valence-electron chi connectivity index (χ4n) is 3.99. The number of benzene rings is 3. The van der Waals surface area contributed by atoms with E-state index in [0.29, 0.717) is 0 Å². The van der Waals surface area contributed by atoms with E-state index in [0.717, 1.165) is 15.7 Å². The smallest absolute Gasteiger partial charge is 0.228 e. The van der Waals surface area contributed by atoms with Gasteiger partial charge in [0.05, 0.1) is 5.92 Å². The average molecular weight is 467 g/mol. The van der Waals surface area contributed by atoms with Gasteiger partial charge in [0.15, 0.2) is 0 Å². The Morgan fingerprint density at radius 3 is 2.00 bits per heavy atom. The molecule has 0 heterocycles. The summed E-state index contributed by atoms with van der Waals surface area (Å²) < 4.78 is 1.16. The first-order chi connectivity index (χ1) is 13.0. The molecule has 1 aliphatic carbocycles. The molecule has 0 bridgehead atoms. The number of carbonyl (C=O) groups is 1. The molecule has 1 unspecified atom stereocenters. The molecule has 1 atom stereocenters. The second kappa shape index (κ2) is 7.12. The van der Waals surface area contributed by atoms with Crippen LogP contribution in [-0.4, -0.2) is 5.91 Å². The molecular formula is C24H22INO. The van der Waals surface area contributed by atoms with E-state index < -0.39 is 0 Å². The number of anilines is 1. The van der Waals surface area contributed by atoms with Crippen molar-refractivity contribution in [2.24, 2.45) is 5.92 Å². The molecule has 2 nitrogen and oxygen atoms in total. The van der Waals surface area contributed by atoms with Gasteiger partial charge in [-0.3, -0.25) is 4.79 Å². The summed E-state index contributed by atoms with van der Waals surface area (Å²) in [6.45, 7) is 4.22. The van der Waals surface area contributed by atoms with E-state index in [4.69, 9.17) is 0 Å². The molecule has 0 aliphatic heterocycles. The highest BCUT2D eigenvalue weighted by atomic mass is 127. The van der Waals surface area contributed by atoms with Crippen molar-refractivity contribution in [3.05, 3.63) is 98.6 Å². The van der Waals surface area contributed by atoms with Crippen LogP contribution >= 0.6 is 22.6 Å². The Morgan fingerprint density at radius 1 is 0.926 bits per heavy atom. The van der Waals surface area contributed by atoms with Gasteiger partial charge in [-0.05, 0) is 78.3 Å². The molecule has 3 heteroatoms. The molecular weight excluding hydrogens is 445 g/mol. The monoisotopic (exact) mass is 467 g/mol. The summed E-state index contributed by atoms with van der Waals surface area (Å²) in [6, 6.07) is 25.1. The molecule has 27 heavy (non-hydrogen) atoms. The molecule has 136 valence electrons. The highest BCUT2D eigenvalue weighted by Gasteiger charge is 2.60. The van der Waals surface area contributed by atoms with Gasteiger partial charge in [0.25, 0.3) is 0 Å². The van der Waals surface area contributed by atoms with E-state index in [9.17, 15) is 4.79 Å². The number of hydrogen-bond acceptors (Lipinski definition) is 1. The van der Waals surface area contributed by atoms with Crippen LogP contribution in [0, 0.1) is 23.3 Å². The van der Waals surface area contributed by atoms with Crippen molar-refractivity contribution in [1.82, 2.24) is 0 Å². The van der Waals surface area contributed by atoms with E-state index in [2.05, 4.69) is 90.3 Å². The molecule has 1 aliphatic rings. The largest absolute Gasteiger partial charge is 0.326 e. The lowest BCUT2D eigenvalue weighted by atomic mass is 9.84.